The first kappa shape index (κ1) is 17.7. The van der Waals surface area contributed by atoms with Gasteiger partial charge in [0.1, 0.15) is 0 Å². The van der Waals surface area contributed by atoms with E-state index < -0.39 is 0 Å². The third kappa shape index (κ3) is 4.22. The number of hydrogen-bond acceptors (Lipinski definition) is 2. The van der Waals surface area contributed by atoms with Crippen molar-refractivity contribution in [3.8, 4) is 0 Å². The van der Waals surface area contributed by atoms with Crippen LogP contribution in [0.25, 0.3) is 0 Å². The van der Waals surface area contributed by atoms with E-state index in [-0.39, 0.29) is 18.4 Å². The molecule has 0 spiro atoms. The maximum atomic E-state index is 12.4. The van der Waals surface area contributed by atoms with Crippen LogP contribution in [0.3, 0.4) is 0 Å². The number of amides is 2. The highest BCUT2D eigenvalue weighted by Gasteiger charge is 2.16. The number of rotatable bonds is 4. The van der Waals surface area contributed by atoms with Gasteiger partial charge in [0, 0.05) is 18.3 Å². The van der Waals surface area contributed by atoms with E-state index in [9.17, 15) is 9.59 Å². The maximum Gasteiger partial charge on any atom is 0.254 e. The van der Waals surface area contributed by atoms with Gasteiger partial charge >= 0.3 is 0 Å². The molecule has 24 heavy (non-hydrogen) atoms. The zero-order valence-electron chi connectivity index (χ0n) is 14.9. The van der Waals surface area contributed by atoms with Gasteiger partial charge in [-0.05, 0) is 51.0 Å². The number of hydrogen-bond donors (Lipinski definition) is 1. The molecule has 0 bridgehead atoms. The Balaban J connectivity index is 2.06. The number of carbonyl (C=O) groups excluding carboxylic acids is 2. The van der Waals surface area contributed by atoms with Crippen molar-refractivity contribution in [3.05, 3.63) is 64.2 Å². The lowest BCUT2D eigenvalue weighted by molar-refractivity contribution is -0.116. The first-order valence-corrected chi connectivity index (χ1v) is 7.97. The minimum absolute atomic E-state index is 0.0134. The van der Waals surface area contributed by atoms with Crippen LogP contribution in [-0.4, -0.2) is 30.3 Å². The van der Waals surface area contributed by atoms with Crippen LogP contribution < -0.4 is 5.32 Å². The second-order valence-electron chi connectivity index (χ2n) is 6.35. The maximum absolute atomic E-state index is 12.4. The molecule has 2 rings (SSSR count). The van der Waals surface area contributed by atoms with E-state index in [1.807, 2.05) is 58.0 Å². The number of likely N-dealkylation sites (N-methyl/N-ethyl adjacent to an activating group) is 1. The Morgan fingerprint density at radius 3 is 2.17 bits per heavy atom. The number of nitrogens with zero attached hydrogens (tertiary/aromatic N) is 1. The lowest BCUT2D eigenvalue weighted by Crippen LogP contribution is -2.35. The van der Waals surface area contributed by atoms with Crippen molar-refractivity contribution >= 4 is 17.5 Å². The summed E-state index contributed by atoms with van der Waals surface area (Å²) >= 11 is 0. The van der Waals surface area contributed by atoms with Crippen LogP contribution >= 0.6 is 0 Å². The Bertz CT molecular complexity index is 758. The molecule has 0 aliphatic carbocycles. The summed E-state index contributed by atoms with van der Waals surface area (Å²) < 4.78 is 0. The van der Waals surface area contributed by atoms with Crippen molar-refractivity contribution in [2.24, 2.45) is 0 Å². The van der Waals surface area contributed by atoms with Crippen LogP contribution in [0, 0.1) is 27.7 Å². The molecule has 0 aromatic heterocycles. The van der Waals surface area contributed by atoms with Crippen LogP contribution in [0.15, 0.2) is 36.4 Å². The van der Waals surface area contributed by atoms with E-state index in [1.54, 1.807) is 13.1 Å². The number of benzene rings is 2. The van der Waals surface area contributed by atoms with Crippen LogP contribution in [0.1, 0.15) is 32.6 Å². The predicted molar refractivity (Wildman–Crippen MR) is 97.4 cm³/mol. The molecule has 0 radical (unpaired) electrons. The number of aryl methyl sites for hydroxylation is 4. The summed E-state index contributed by atoms with van der Waals surface area (Å²) in [6, 6.07) is 11.4. The third-order valence-corrected chi connectivity index (χ3v) is 3.93. The van der Waals surface area contributed by atoms with Crippen LogP contribution in [0.4, 0.5) is 5.69 Å². The van der Waals surface area contributed by atoms with Gasteiger partial charge in [0.15, 0.2) is 0 Å². The van der Waals surface area contributed by atoms with Crippen molar-refractivity contribution in [1.82, 2.24) is 4.90 Å². The van der Waals surface area contributed by atoms with Crippen LogP contribution in [0.5, 0.6) is 0 Å². The quantitative estimate of drug-likeness (QED) is 0.933. The van der Waals surface area contributed by atoms with Gasteiger partial charge in [-0.1, -0.05) is 35.4 Å². The largest absolute Gasteiger partial charge is 0.332 e. The molecule has 0 atom stereocenters. The summed E-state index contributed by atoms with van der Waals surface area (Å²) in [6.45, 7) is 7.92. The lowest BCUT2D eigenvalue weighted by atomic mass is 10.1. The Hall–Kier alpha value is -2.62. The van der Waals surface area contributed by atoms with Gasteiger partial charge in [-0.3, -0.25) is 9.59 Å². The zero-order chi connectivity index (χ0) is 17.9. The highest BCUT2D eigenvalue weighted by Crippen LogP contribution is 2.21. The van der Waals surface area contributed by atoms with E-state index in [0.29, 0.717) is 5.56 Å². The fourth-order valence-corrected chi connectivity index (χ4v) is 2.84. The van der Waals surface area contributed by atoms with Crippen LogP contribution in [0.2, 0.25) is 0 Å². The average Bonchev–Trinajstić information content (AvgIpc) is 2.50. The number of carbonyl (C=O) groups is 2. The first-order valence-electron chi connectivity index (χ1n) is 7.97. The molecule has 0 aliphatic rings. The molecule has 2 amide bonds. The fourth-order valence-electron chi connectivity index (χ4n) is 2.84. The van der Waals surface area contributed by atoms with Crippen molar-refractivity contribution in [2.45, 2.75) is 27.7 Å². The number of anilines is 1. The molecule has 0 saturated carbocycles. The Morgan fingerprint density at radius 1 is 0.958 bits per heavy atom. The van der Waals surface area contributed by atoms with E-state index in [2.05, 4.69) is 5.32 Å². The predicted octanol–water partition coefficient (Wildman–Crippen LogP) is 3.63. The van der Waals surface area contributed by atoms with Crippen LogP contribution in [-0.2, 0) is 4.79 Å². The molecule has 0 aliphatic heterocycles. The van der Waals surface area contributed by atoms with E-state index in [4.69, 9.17) is 0 Å². The topological polar surface area (TPSA) is 49.4 Å². The molecule has 4 nitrogen and oxygen atoms in total. The van der Waals surface area contributed by atoms with E-state index in [0.717, 1.165) is 27.9 Å². The van der Waals surface area contributed by atoms with Gasteiger partial charge in [-0.25, -0.2) is 0 Å². The van der Waals surface area contributed by atoms with Crippen molar-refractivity contribution in [2.75, 3.05) is 18.9 Å². The second kappa shape index (κ2) is 7.30. The van der Waals surface area contributed by atoms with E-state index >= 15 is 0 Å². The summed E-state index contributed by atoms with van der Waals surface area (Å²) in [7, 11) is 1.64. The molecular formula is C20H24N2O2. The monoisotopic (exact) mass is 324 g/mol. The summed E-state index contributed by atoms with van der Waals surface area (Å²) in [5, 5.41) is 2.92. The Morgan fingerprint density at radius 2 is 1.58 bits per heavy atom. The SMILES string of the molecule is Cc1cccc(C(=O)N(C)CC(=O)Nc2c(C)cc(C)cc2C)c1. The van der Waals surface area contributed by atoms with Crippen molar-refractivity contribution in [3.63, 3.8) is 0 Å². The molecule has 0 heterocycles. The Kier molecular flexibility index (Phi) is 5.39. The average molecular weight is 324 g/mol. The molecule has 4 heteroatoms. The second-order valence-corrected chi connectivity index (χ2v) is 6.35. The molecule has 2 aromatic rings. The summed E-state index contributed by atoms with van der Waals surface area (Å²) in [6.07, 6.45) is 0. The first-order chi connectivity index (χ1) is 11.3. The molecule has 1 N–H and O–H groups in total. The highest BCUT2D eigenvalue weighted by atomic mass is 16.2. The van der Waals surface area contributed by atoms with Gasteiger partial charge in [0.05, 0.1) is 6.54 Å². The highest BCUT2D eigenvalue weighted by molar-refractivity contribution is 5.99. The Labute approximate surface area is 143 Å². The van der Waals surface area contributed by atoms with Gasteiger partial charge in [-0.15, -0.1) is 0 Å². The fraction of sp³-hybridized carbons (Fsp3) is 0.300. The standard InChI is InChI=1S/C20H24N2O2/c1-13-7-6-8-17(11-13)20(24)22(5)12-18(23)21-19-15(3)9-14(2)10-16(19)4/h6-11H,12H2,1-5H3,(H,21,23). The van der Waals surface area contributed by atoms with Gasteiger partial charge in [-0.2, -0.15) is 0 Å². The minimum Gasteiger partial charge on any atom is -0.332 e. The molecule has 0 unspecified atom stereocenters. The summed E-state index contributed by atoms with van der Waals surface area (Å²) in [5.74, 6) is -0.361. The smallest absolute Gasteiger partial charge is 0.254 e. The molecule has 2 aromatic carbocycles. The lowest BCUT2D eigenvalue weighted by Gasteiger charge is -2.18. The van der Waals surface area contributed by atoms with Gasteiger partial charge in [0.2, 0.25) is 5.91 Å². The van der Waals surface area contributed by atoms with Crippen molar-refractivity contribution < 1.29 is 9.59 Å². The molecule has 0 fully saturated rings. The molecule has 126 valence electrons. The third-order valence-electron chi connectivity index (χ3n) is 3.93. The minimum atomic E-state index is -0.200. The van der Waals surface area contributed by atoms with Crippen molar-refractivity contribution in [1.29, 1.82) is 0 Å². The number of nitrogens with one attached hydrogen (secondary N) is 1. The molecule has 0 saturated heterocycles. The van der Waals surface area contributed by atoms with Gasteiger partial charge < -0.3 is 10.2 Å². The van der Waals surface area contributed by atoms with Gasteiger partial charge in [0.25, 0.3) is 5.91 Å². The molecular weight excluding hydrogens is 300 g/mol. The zero-order valence-corrected chi connectivity index (χ0v) is 14.9. The van der Waals surface area contributed by atoms with E-state index in [1.165, 1.54) is 4.90 Å². The summed E-state index contributed by atoms with van der Waals surface area (Å²) in [5.41, 5.74) is 5.64. The normalized spacial score (nSPS) is 10.4. The summed E-state index contributed by atoms with van der Waals surface area (Å²) in [4.78, 5) is 26.2.